The molecule has 0 radical (unpaired) electrons. The van der Waals surface area contributed by atoms with Gasteiger partial charge in [0.1, 0.15) is 11.9 Å². The van der Waals surface area contributed by atoms with Crippen LogP contribution in [0.2, 0.25) is 0 Å². The molecule has 1 amide bonds. The van der Waals surface area contributed by atoms with Crippen LogP contribution in [-0.4, -0.2) is 42.6 Å². The van der Waals surface area contributed by atoms with Crippen molar-refractivity contribution in [2.24, 2.45) is 0 Å². The molecule has 1 aliphatic rings. The van der Waals surface area contributed by atoms with Crippen molar-refractivity contribution in [3.63, 3.8) is 0 Å². The van der Waals surface area contributed by atoms with E-state index in [1.165, 1.54) is 0 Å². The fraction of sp³-hybridized carbons (Fsp3) is 0.588. The van der Waals surface area contributed by atoms with Crippen molar-refractivity contribution >= 4 is 30.1 Å². The van der Waals surface area contributed by atoms with Crippen molar-refractivity contribution in [3.05, 3.63) is 29.8 Å². The van der Waals surface area contributed by atoms with Crippen molar-refractivity contribution in [3.8, 4) is 5.75 Å². The van der Waals surface area contributed by atoms with Gasteiger partial charge < -0.3 is 15.4 Å². The molecule has 2 unspecified atom stereocenters. The zero-order chi connectivity index (χ0) is 15.8. The smallest absolute Gasteiger partial charge is 0.221 e. The van der Waals surface area contributed by atoms with Gasteiger partial charge in [-0.25, -0.2) is 0 Å². The summed E-state index contributed by atoms with van der Waals surface area (Å²) < 4.78 is 6.00. The second kappa shape index (κ2) is 10.8. The lowest BCUT2D eigenvalue weighted by Gasteiger charge is -2.23. The number of aryl methyl sites for hydroxylation is 1. The highest BCUT2D eigenvalue weighted by atomic mass is 35.5. The van der Waals surface area contributed by atoms with E-state index in [4.69, 9.17) is 4.74 Å². The van der Waals surface area contributed by atoms with Crippen LogP contribution in [0.3, 0.4) is 0 Å². The molecule has 1 heterocycles. The summed E-state index contributed by atoms with van der Waals surface area (Å²) in [5.74, 6) is 3.16. The minimum atomic E-state index is 0. The Morgan fingerprint density at radius 3 is 2.91 bits per heavy atom. The second-order valence-electron chi connectivity index (χ2n) is 5.65. The number of thioether (sulfide) groups is 1. The largest absolute Gasteiger partial charge is 0.488 e. The van der Waals surface area contributed by atoms with E-state index in [-0.39, 0.29) is 24.4 Å². The average Bonchev–Trinajstić information content (AvgIpc) is 2.54. The van der Waals surface area contributed by atoms with E-state index in [1.54, 1.807) is 0 Å². The molecule has 130 valence electrons. The maximum Gasteiger partial charge on any atom is 0.221 e. The Morgan fingerprint density at radius 1 is 1.48 bits per heavy atom. The predicted molar refractivity (Wildman–Crippen MR) is 99.9 cm³/mol. The summed E-state index contributed by atoms with van der Waals surface area (Å²) in [4.78, 5) is 12.0. The van der Waals surface area contributed by atoms with Crippen molar-refractivity contribution in [1.82, 2.24) is 10.6 Å². The summed E-state index contributed by atoms with van der Waals surface area (Å²) in [7, 11) is 0. The van der Waals surface area contributed by atoms with Crippen molar-refractivity contribution in [1.29, 1.82) is 0 Å². The lowest BCUT2D eigenvalue weighted by molar-refractivity contribution is -0.121. The summed E-state index contributed by atoms with van der Waals surface area (Å²) in [6.07, 6.45) is 1.43. The fourth-order valence-electron chi connectivity index (χ4n) is 2.41. The molecule has 0 bridgehead atoms. The quantitative estimate of drug-likeness (QED) is 0.787. The number of halogens is 1. The van der Waals surface area contributed by atoms with Gasteiger partial charge in [0.05, 0.1) is 6.54 Å². The molecule has 2 atom stereocenters. The van der Waals surface area contributed by atoms with Crippen LogP contribution < -0.4 is 15.4 Å². The first-order chi connectivity index (χ1) is 10.7. The maximum atomic E-state index is 12.0. The van der Waals surface area contributed by atoms with E-state index in [0.717, 1.165) is 35.8 Å². The Morgan fingerprint density at radius 2 is 2.26 bits per heavy atom. The lowest BCUT2D eigenvalue weighted by Crippen LogP contribution is -2.43. The van der Waals surface area contributed by atoms with Gasteiger partial charge in [0, 0.05) is 30.5 Å². The zero-order valence-corrected chi connectivity index (χ0v) is 15.5. The van der Waals surface area contributed by atoms with Gasteiger partial charge in [0.25, 0.3) is 0 Å². The zero-order valence-electron chi connectivity index (χ0n) is 13.8. The number of hydrogen-bond acceptors (Lipinski definition) is 4. The number of para-hydroxylation sites is 1. The van der Waals surface area contributed by atoms with E-state index in [0.29, 0.717) is 19.0 Å². The summed E-state index contributed by atoms with van der Waals surface area (Å²) in [5.41, 5.74) is 1.12. The molecule has 23 heavy (non-hydrogen) atoms. The Bertz CT molecular complexity index is 481. The topological polar surface area (TPSA) is 50.4 Å². The molecule has 2 N–H and O–H groups in total. The number of ether oxygens (including phenoxy) is 1. The van der Waals surface area contributed by atoms with E-state index < -0.39 is 0 Å². The van der Waals surface area contributed by atoms with Crippen LogP contribution in [0.1, 0.15) is 25.3 Å². The van der Waals surface area contributed by atoms with Gasteiger partial charge in [-0.1, -0.05) is 25.1 Å². The van der Waals surface area contributed by atoms with E-state index >= 15 is 0 Å². The number of carbonyl (C=O) groups excluding carboxylic acids is 1. The second-order valence-corrected chi connectivity index (χ2v) is 6.80. The third-order valence-corrected chi connectivity index (χ3v) is 4.93. The molecule has 0 aromatic heterocycles. The minimum Gasteiger partial charge on any atom is -0.488 e. The molecule has 1 aromatic carbocycles. The van der Waals surface area contributed by atoms with Gasteiger partial charge in [-0.05, 0) is 25.0 Å². The van der Waals surface area contributed by atoms with Gasteiger partial charge in [-0.3, -0.25) is 4.79 Å². The third-order valence-electron chi connectivity index (χ3n) is 3.80. The normalized spacial score (nSPS) is 18.6. The summed E-state index contributed by atoms with van der Waals surface area (Å²) >= 11 is 1.91. The average molecular weight is 359 g/mol. The lowest BCUT2D eigenvalue weighted by atomic mass is 10.2. The van der Waals surface area contributed by atoms with E-state index in [9.17, 15) is 4.79 Å². The van der Waals surface area contributed by atoms with Crippen LogP contribution >= 0.6 is 24.2 Å². The highest BCUT2D eigenvalue weighted by molar-refractivity contribution is 7.99. The van der Waals surface area contributed by atoms with Gasteiger partial charge >= 0.3 is 0 Å². The number of carbonyl (C=O) groups is 1. The van der Waals surface area contributed by atoms with Gasteiger partial charge in [0.15, 0.2) is 0 Å². The Balaban J connectivity index is 0.00000264. The molecule has 1 fully saturated rings. The SMILES string of the molecule is CCC(CNC(=O)CC1CSCCN1)Oc1ccccc1C.Cl. The highest BCUT2D eigenvalue weighted by Crippen LogP contribution is 2.18. The molecule has 1 aromatic rings. The predicted octanol–water partition coefficient (Wildman–Crippen LogP) is 2.79. The molecule has 0 aliphatic carbocycles. The van der Waals surface area contributed by atoms with Crippen LogP contribution in [0, 0.1) is 6.92 Å². The maximum absolute atomic E-state index is 12.0. The van der Waals surface area contributed by atoms with E-state index in [2.05, 4.69) is 17.6 Å². The van der Waals surface area contributed by atoms with Gasteiger partial charge in [0.2, 0.25) is 5.91 Å². The molecule has 2 rings (SSSR count). The third kappa shape index (κ3) is 7.02. The Labute approximate surface area is 149 Å². The number of benzene rings is 1. The molecular formula is C17H27ClN2O2S. The minimum absolute atomic E-state index is 0. The number of nitrogens with one attached hydrogen (secondary N) is 2. The molecular weight excluding hydrogens is 332 g/mol. The number of rotatable bonds is 7. The molecule has 0 saturated carbocycles. The molecule has 6 heteroatoms. The van der Waals surface area contributed by atoms with Crippen LogP contribution in [0.4, 0.5) is 0 Å². The number of amides is 1. The van der Waals surface area contributed by atoms with Crippen molar-refractivity contribution in [2.45, 2.75) is 38.8 Å². The van der Waals surface area contributed by atoms with Gasteiger partial charge in [-0.15, -0.1) is 12.4 Å². The van der Waals surface area contributed by atoms with Crippen LogP contribution in [-0.2, 0) is 4.79 Å². The standard InChI is InChI=1S/C17H26N2O2S.ClH/c1-3-15(21-16-7-5-4-6-13(16)2)11-19-17(20)10-14-12-22-9-8-18-14;/h4-7,14-15,18H,3,8-12H2,1-2H3,(H,19,20);1H. The molecule has 0 spiro atoms. The summed E-state index contributed by atoms with van der Waals surface area (Å²) in [6, 6.07) is 8.28. The molecule has 1 aliphatic heterocycles. The first-order valence-corrected chi connectivity index (χ1v) is 9.14. The van der Waals surface area contributed by atoms with Crippen LogP contribution in [0.15, 0.2) is 24.3 Å². The van der Waals surface area contributed by atoms with Crippen LogP contribution in [0.5, 0.6) is 5.75 Å². The summed E-state index contributed by atoms with van der Waals surface area (Å²) in [5, 5.41) is 6.39. The molecule has 4 nitrogen and oxygen atoms in total. The number of hydrogen-bond donors (Lipinski definition) is 2. The molecule has 1 saturated heterocycles. The van der Waals surface area contributed by atoms with Crippen molar-refractivity contribution < 1.29 is 9.53 Å². The van der Waals surface area contributed by atoms with E-state index in [1.807, 2.05) is 43.0 Å². The Kier molecular flexibility index (Phi) is 9.44. The highest BCUT2D eigenvalue weighted by Gasteiger charge is 2.17. The first kappa shape index (κ1) is 20.1. The fourth-order valence-corrected chi connectivity index (χ4v) is 3.36. The first-order valence-electron chi connectivity index (χ1n) is 7.99. The van der Waals surface area contributed by atoms with Crippen molar-refractivity contribution in [2.75, 3.05) is 24.6 Å². The van der Waals surface area contributed by atoms with Gasteiger partial charge in [-0.2, -0.15) is 11.8 Å². The summed E-state index contributed by atoms with van der Waals surface area (Å²) in [6.45, 7) is 5.67. The monoisotopic (exact) mass is 358 g/mol. The van der Waals surface area contributed by atoms with Crippen LogP contribution in [0.25, 0.3) is 0 Å². The Hall–Kier alpha value is -0.910.